The average molecular weight is 410 g/mol. The van der Waals surface area contributed by atoms with Crippen LogP contribution in [0.4, 0.5) is 11.5 Å². The molecule has 3 aromatic rings. The van der Waals surface area contributed by atoms with Gasteiger partial charge in [-0.1, -0.05) is 24.3 Å². The third-order valence-corrected chi connectivity index (χ3v) is 6.10. The van der Waals surface area contributed by atoms with E-state index in [1.165, 1.54) is 6.20 Å². The van der Waals surface area contributed by atoms with Crippen LogP contribution in [-0.2, 0) is 10.0 Å². The van der Waals surface area contributed by atoms with Crippen LogP contribution < -0.4 is 10.0 Å². The van der Waals surface area contributed by atoms with Crippen molar-refractivity contribution in [3.05, 3.63) is 72.1 Å². The minimum absolute atomic E-state index is 0.330. The van der Waals surface area contributed by atoms with E-state index in [1.807, 2.05) is 31.2 Å². The Balaban J connectivity index is 1.68. The maximum atomic E-state index is 12.4. The summed E-state index contributed by atoms with van der Waals surface area (Å²) in [6, 6.07) is 14.0. The Bertz CT molecular complexity index is 1110. The number of rotatable bonds is 6. The monoisotopic (exact) mass is 410 g/mol. The van der Waals surface area contributed by atoms with Crippen molar-refractivity contribution in [1.29, 1.82) is 0 Å². The molecule has 0 spiro atoms. The first kappa shape index (κ1) is 20.5. The number of amides is 1. The third-order valence-electron chi connectivity index (χ3n) is 4.34. The van der Waals surface area contributed by atoms with Crippen molar-refractivity contribution in [2.24, 2.45) is 0 Å². The fourth-order valence-corrected chi connectivity index (χ4v) is 3.25. The molecule has 1 heterocycles. The lowest BCUT2D eigenvalue weighted by Gasteiger charge is -2.11. The van der Waals surface area contributed by atoms with Crippen molar-refractivity contribution >= 4 is 27.4 Å². The number of benzene rings is 2. The van der Waals surface area contributed by atoms with Crippen LogP contribution >= 0.6 is 0 Å². The highest BCUT2D eigenvalue weighted by molar-refractivity contribution is 7.93. The minimum atomic E-state index is -3.43. The number of carbonyl (C=O) groups is 1. The van der Waals surface area contributed by atoms with Gasteiger partial charge in [0.25, 0.3) is 5.91 Å². The quantitative estimate of drug-likeness (QED) is 0.643. The minimum Gasteiger partial charge on any atom is -0.305 e. The molecule has 0 radical (unpaired) electrons. The van der Waals surface area contributed by atoms with Gasteiger partial charge >= 0.3 is 0 Å². The molecule has 0 aliphatic carbocycles. The maximum Gasteiger partial charge on any atom is 0.256 e. The van der Waals surface area contributed by atoms with Crippen molar-refractivity contribution in [1.82, 2.24) is 9.97 Å². The van der Waals surface area contributed by atoms with E-state index in [1.54, 1.807) is 44.3 Å². The number of anilines is 2. The Morgan fingerprint density at radius 3 is 2.24 bits per heavy atom. The number of carbonyl (C=O) groups excluding carboxylic acids is 1. The van der Waals surface area contributed by atoms with Gasteiger partial charge in [0.2, 0.25) is 10.0 Å². The standard InChI is InChI=1S/C21H22N4O3S/c1-14(2)29(27,28)25-17-10-8-16(9-11-17)21(26)24-20-13-22-19(12-23-20)18-7-5-4-6-15(18)3/h4-14,25H,1-3H3,(H,23,24,26). The second-order valence-electron chi connectivity index (χ2n) is 6.83. The number of aromatic nitrogens is 2. The van der Waals surface area contributed by atoms with Gasteiger partial charge in [-0.2, -0.15) is 0 Å². The number of hydrogen-bond acceptors (Lipinski definition) is 5. The fourth-order valence-electron chi connectivity index (χ4n) is 2.55. The third kappa shape index (κ3) is 4.97. The van der Waals surface area contributed by atoms with Crippen LogP contribution in [0, 0.1) is 6.92 Å². The van der Waals surface area contributed by atoms with Gasteiger partial charge in [-0.25, -0.2) is 13.4 Å². The molecule has 1 amide bonds. The van der Waals surface area contributed by atoms with E-state index in [4.69, 9.17) is 0 Å². The topological polar surface area (TPSA) is 101 Å². The summed E-state index contributed by atoms with van der Waals surface area (Å²) in [4.78, 5) is 21.0. The molecular formula is C21H22N4O3S. The van der Waals surface area contributed by atoms with Crippen molar-refractivity contribution < 1.29 is 13.2 Å². The molecule has 0 saturated heterocycles. The number of hydrogen-bond donors (Lipinski definition) is 2. The van der Waals surface area contributed by atoms with Crippen LogP contribution in [0.1, 0.15) is 29.8 Å². The zero-order valence-corrected chi connectivity index (χ0v) is 17.2. The van der Waals surface area contributed by atoms with Crippen LogP contribution in [-0.4, -0.2) is 29.5 Å². The second-order valence-corrected chi connectivity index (χ2v) is 9.07. The summed E-state index contributed by atoms with van der Waals surface area (Å²) in [6.45, 7) is 5.18. The molecule has 0 fully saturated rings. The smallest absolute Gasteiger partial charge is 0.256 e. The largest absolute Gasteiger partial charge is 0.305 e. The lowest BCUT2D eigenvalue weighted by molar-refractivity contribution is 0.102. The van der Waals surface area contributed by atoms with Crippen molar-refractivity contribution in [2.45, 2.75) is 26.0 Å². The first-order valence-corrected chi connectivity index (χ1v) is 10.6. The van der Waals surface area contributed by atoms with Gasteiger partial charge in [-0.15, -0.1) is 0 Å². The van der Waals surface area contributed by atoms with Crippen LogP contribution in [0.5, 0.6) is 0 Å². The summed E-state index contributed by atoms with van der Waals surface area (Å²) in [7, 11) is -3.43. The Kier molecular flexibility index (Phi) is 5.93. The van der Waals surface area contributed by atoms with E-state index in [9.17, 15) is 13.2 Å². The predicted octanol–water partition coefficient (Wildman–Crippen LogP) is 3.85. The van der Waals surface area contributed by atoms with Gasteiger partial charge in [-0.3, -0.25) is 14.5 Å². The molecule has 2 N–H and O–H groups in total. The van der Waals surface area contributed by atoms with Gasteiger partial charge < -0.3 is 5.32 Å². The molecule has 7 nitrogen and oxygen atoms in total. The van der Waals surface area contributed by atoms with Crippen LogP contribution in [0.2, 0.25) is 0 Å². The van der Waals surface area contributed by atoms with E-state index < -0.39 is 15.3 Å². The van der Waals surface area contributed by atoms with Gasteiger partial charge in [0.1, 0.15) is 0 Å². The highest BCUT2D eigenvalue weighted by Gasteiger charge is 2.16. The zero-order valence-electron chi connectivity index (χ0n) is 16.4. The molecule has 0 atom stereocenters. The molecule has 3 rings (SSSR count). The predicted molar refractivity (Wildman–Crippen MR) is 114 cm³/mol. The lowest BCUT2D eigenvalue weighted by atomic mass is 10.1. The number of nitrogens with one attached hydrogen (secondary N) is 2. The maximum absolute atomic E-state index is 12.4. The highest BCUT2D eigenvalue weighted by Crippen LogP contribution is 2.21. The van der Waals surface area contributed by atoms with Gasteiger partial charge in [0.15, 0.2) is 5.82 Å². The first-order chi connectivity index (χ1) is 13.8. The number of sulfonamides is 1. The van der Waals surface area contributed by atoms with Gasteiger partial charge in [0.05, 0.1) is 23.3 Å². The summed E-state index contributed by atoms with van der Waals surface area (Å²) in [5.41, 5.74) is 3.58. The molecular weight excluding hydrogens is 388 g/mol. The Morgan fingerprint density at radius 1 is 0.966 bits per heavy atom. The lowest BCUT2D eigenvalue weighted by Crippen LogP contribution is -2.22. The van der Waals surface area contributed by atoms with E-state index in [0.29, 0.717) is 17.1 Å². The normalized spacial score (nSPS) is 11.3. The molecule has 0 aliphatic rings. The van der Waals surface area contributed by atoms with Crippen LogP contribution in [0.25, 0.3) is 11.3 Å². The summed E-state index contributed by atoms with van der Waals surface area (Å²) in [6.07, 6.45) is 3.12. The van der Waals surface area contributed by atoms with E-state index in [2.05, 4.69) is 20.0 Å². The summed E-state index contributed by atoms with van der Waals surface area (Å²) >= 11 is 0. The van der Waals surface area contributed by atoms with Crippen molar-refractivity contribution in [3.63, 3.8) is 0 Å². The molecule has 8 heteroatoms. The van der Waals surface area contributed by atoms with E-state index in [-0.39, 0.29) is 5.91 Å². The van der Waals surface area contributed by atoms with Gasteiger partial charge in [-0.05, 0) is 50.6 Å². The van der Waals surface area contributed by atoms with E-state index in [0.717, 1.165) is 16.8 Å². The Hall–Kier alpha value is -3.26. The molecule has 150 valence electrons. The van der Waals surface area contributed by atoms with Gasteiger partial charge in [0, 0.05) is 16.8 Å². The molecule has 0 bridgehead atoms. The second kappa shape index (κ2) is 8.40. The Morgan fingerprint density at radius 2 is 1.66 bits per heavy atom. The summed E-state index contributed by atoms with van der Waals surface area (Å²) in [5, 5.41) is 2.14. The molecule has 2 aromatic carbocycles. The van der Waals surface area contributed by atoms with Crippen molar-refractivity contribution in [2.75, 3.05) is 10.0 Å². The fraction of sp³-hybridized carbons (Fsp3) is 0.190. The number of nitrogens with zero attached hydrogens (tertiary/aromatic N) is 2. The van der Waals surface area contributed by atoms with E-state index >= 15 is 0 Å². The van der Waals surface area contributed by atoms with Crippen LogP contribution in [0.3, 0.4) is 0 Å². The average Bonchev–Trinajstić information content (AvgIpc) is 2.69. The molecule has 1 aromatic heterocycles. The molecule has 29 heavy (non-hydrogen) atoms. The summed E-state index contributed by atoms with van der Waals surface area (Å²) < 4.78 is 26.3. The Labute approximate surface area is 170 Å². The SMILES string of the molecule is Cc1ccccc1-c1cnc(NC(=O)c2ccc(NS(=O)(=O)C(C)C)cc2)cn1. The molecule has 0 unspecified atom stereocenters. The highest BCUT2D eigenvalue weighted by atomic mass is 32.2. The molecule has 0 aliphatic heterocycles. The number of aryl methyl sites for hydroxylation is 1. The molecule has 0 saturated carbocycles. The zero-order chi connectivity index (χ0) is 21.0. The van der Waals surface area contributed by atoms with Crippen molar-refractivity contribution in [3.8, 4) is 11.3 Å². The van der Waals surface area contributed by atoms with Crippen LogP contribution in [0.15, 0.2) is 60.9 Å². The first-order valence-electron chi connectivity index (χ1n) is 9.07. The summed E-state index contributed by atoms with van der Waals surface area (Å²) in [5.74, 6) is -0.0295.